The Bertz CT molecular complexity index is 201. The summed E-state index contributed by atoms with van der Waals surface area (Å²) in [4.78, 5) is 13.5. The van der Waals surface area contributed by atoms with Crippen LogP contribution in [-0.4, -0.2) is 30.1 Å². The van der Waals surface area contributed by atoms with Crippen molar-refractivity contribution in [2.24, 2.45) is 5.92 Å². The molecule has 3 heteroatoms. The van der Waals surface area contributed by atoms with Gasteiger partial charge in [-0.05, 0) is 32.1 Å². The van der Waals surface area contributed by atoms with Crippen LogP contribution in [0.5, 0.6) is 0 Å². The molecule has 1 saturated heterocycles. The van der Waals surface area contributed by atoms with Crippen molar-refractivity contribution in [1.29, 1.82) is 0 Å². The number of amides is 2. The number of nitrogens with zero attached hydrogens (tertiary/aromatic N) is 1. The Morgan fingerprint density at radius 1 is 1.46 bits per heavy atom. The monoisotopic (exact) mass is 182 g/mol. The molecular weight excluding hydrogens is 164 g/mol. The lowest BCUT2D eigenvalue weighted by molar-refractivity contribution is 0.112. The summed E-state index contributed by atoms with van der Waals surface area (Å²) in [5.41, 5.74) is 0. The van der Waals surface area contributed by atoms with Gasteiger partial charge in [0.1, 0.15) is 0 Å². The quantitative estimate of drug-likeness (QED) is 0.691. The molecule has 1 unspecified atom stereocenters. The molecule has 2 aliphatic rings. The second-order valence-electron chi connectivity index (χ2n) is 4.21. The van der Waals surface area contributed by atoms with Crippen LogP contribution >= 0.6 is 0 Å². The normalized spacial score (nSPS) is 26.5. The van der Waals surface area contributed by atoms with E-state index in [9.17, 15) is 4.79 Å². The van der Waals surface area contributed by atoms with Gasteiger partial charge in [0.05, 0.1) is 0 Å². The van der Waals surface area contributed by atoms with Gasteiger partial charge in [-0.2, -0.15) is 0 Å². The minimum absolute atomic E-state index is 0.144. The highest BCUT2D eigenvalue weighted by atomic mass is 16.2. The van der Waals surface area contributed by atoms with Crippen LogP contribution in [0.2, 0.25) is 0 Å². The summed E-state index contributed by atoms with van der Waals surface area (Å²) in [7, 11) is 0. The van der Waals surface area contributed by atoms with Crippen molar-refractivity contribution in [2.75, 3.05) is 13.1 Å². The SMILES string of the molecule is CC(C1CCC1)N1CCCNC1=O. The van der Waals surface area contributed by atoms with Gasteiger partial charge in [-0.25, -0.2) is 4.79 Å². The van der Waals surface area contributed by atoms with Gasteiger partial charge in [-0.1, -0.05) is 6.42 Å². The molecule has 74 valence electrons. The van der Waals surface area contributed by atoms with Crippen LogP contribution in [0, 0.1) is 5.92 Å². The molecule has 2 fully saturated rings. The van der Waals surface area contributed by atoms with Crippen LogP contribution in [0.3, 0.4) is 0 Å². The molecule has 1 aliphatic carbocycles. The molecule has 0 aromatic rings. The van der Waals surface area contributed by atoms with Gasteiger partial charge in [-0.3, -0.25) is 0 Å². The van der Waals surface area contributed by atoms with Crippen LogP contribution in [0.1, 0.15) is 32.6 Å². The third-order valence-corrected chi connectivity index (χ3v) is 3.44. The molecule has 2 amide bonds. The maximum absolute atomic E-state index is 11.5. The van der Waals surface area contributed by atoms with Crippen molar-refractivity contribution in [3.8, 4) is 0 Å². The second kappa shape index (κ2) is 3.56. The minimum Gasteiger partial charge on any atom is -0.338 e. The average Bonchev–Trinajstić information content (AvgIpc) is 2.01. The highest BCUT2D eigenvalue weighted by molar-refractivity contribution is 5.75. The Kier molecular flexibility index (Phi) is 2.42. The van der Waals surface area contributed by atoms with E-state index in [1.807, 2.05) is 4.90 Å². The molecule has 0 aromatic carbocycles. The van der Waals surface area contributed by atoms with E-state index in [1.165, 1.54) is 19.3 Å². The lowest BCUT2D eigenvalue weighted by Crippen LogP contribution is -2.53. The van der Waals surface area contributed by atoms with Crippen LogP contribution in [0.4, 0.5) is 4.79 Å². The summed E-state index contributed by atoms with van der Waals surface area (Å²) in [5.74, 6) is 0.767. The summed E-state index contributed by atoms with van der Waals surface area (Å²) >= 11 is 0. The predicted octanol–water partition coefficient (Wildman–Crippen LogP) is 1.59. The molecular formula is C10H18N2O. The molecule has 0 radical (unpaired) electrons. The van der Waals surface area contributed by atoms with Crippen LogP contribution < -0.4 is 5.32 Å². The van der Waals surface area contributed by atoms with Crippen molar-refractivity contribution in [1.82, 2.24) is 10.2 Å². The van der Waals surface area contributed by atoms with Gasteiger partial charge in [0.15, 0.2) is 0 Å². The zero-order valence-corrected chi connectivity index (χ0v) is 8.25. The number of urea groups is 1. The molecule has 0 spiro atoms. The smallest absolute Gasteiger partial charge is 0.317 e. The standard InChI is InChI=1S/C10H18N2O/c1-8(9-4-2-5-9)12-7-3-6-11-10(12)13/h8-9H,2-7H2,1H3,(H,11,13). The topological polar surface area (TPSA) is 32.3 Å². The molecule has 2 rings (SSSR count). The van der Waals surface area contributed by atoms with Gasteiger partial charge in [0.2, 0.25) is 0 Å². The van der Waals surface area contributed by atoms with E-state index >= 15 is 0 Å². The van der Waals surface area contributed by atoms with Crippen molar-refractivity contribution in [2.45, 2.75) is 38.6 Å². The van der Waals surface area contributed by atoms with Gasteiger partial charge in [0, 0.05) is 19.1 Å². The molecule has 1 aliphatic heterocycles. The largest absolute Gasteiger partial charge is 0.338 e. The number of nitrogens with one attached hydrogen (secondary N) is 1. The van der Waals surface area contributed by atoms with Gasteiger partial charge >= 0.3 is 6.03 Å². The Balaban J connectivity index is 1.92. The molecule has 3 nitrogen and oxygen atoms in total. The minimum atomic E-state index is 0.144. The Labute approximate surface area is 79.5 Å². The number of hydrogen-bond acceptors (Lipinski definition) is 1. The first-order valence-corrected chi connectivity index (χ1v) is 5.33. The van der Waals surface area contributed by atoms with Crippen molar-refractivity contribution in [3.63, 3.8) is 0 Å². The van der Waals surface area contributed by atoms with Crippen LogP contribution in [0.25, 0.3) is 0 Å². The molecule has 1 saturated carbocycles. The molecule has 13 heavy (non-hydrogen) atoms. The van der Waals surface area contributed by atoms with Crippen molar-refractivity contribution in [3.05, 3.63) is 0 Å². The van der Waals surface area contributed by atoms with E-state index in [0.29, 0.717) is 6.04 Å². The van der Waals surface area contributed by atoms with Crippen molar-refractivity contribution >= 4 is 6.03 Å². The zero-order chi connectivity index (χ0) is 9.26. The summed E-state index contributed by atoms with van der Waals surface area (Å²) < 4.78 is 0. The first-order valence-electron chi connectivity index (χ1n) is 5.33. The maximum Gasteiger partial charge on any atom is 0.317 e. The number of rotatable bonds is 2. The van der Waals surface area contributed by atoms with Crippen LogP contribution in [0.15, 0.2) is 0 Å². The molecule has 0 bridgehead atoms. The lowest BCUT2D eigenvalue weighted by Gasteiger charge is -2.40. The molecule has 1 heterocycles. The third kappa shape index (κ3) is 1.64. The fraction of sp³-hybridized carbons (Fsp3) is 0.900. The van der Waals surface area contributed by atoms with Gasteiger partial charge < -0.3 is 10.2 Å². The fourth-order valence-electron chi connectivity index (χ4n) is 2.21. The Morgan fingerprint density at radius 2 is 2.23 bits per heavy atom. The lowest BCUT2D eigenvalue weighted by atomic mass is 9.79. The molecule has 1 atom stereocenters. The molecule has 0 aromatic heterocycles. The number of hydrogen-bond donors (Lipinski definition) is 1. The average molecular weight is 182 g/mol. The van der Waals surface area contributed by atoms with E-state index in [4.69, 9.17) is 0 Å². The van der Waals surface area contributed by atoms with Gasteiger partial charge in [-0.15, -0.1) is 0 Å². The van der Waals surface area contributed by atoms with E-state index in [-0.39, 0.29) is 6.03 Å². The third-order valence-electron chi connectivity index (χ3n) is 3.44. The second-order valence-corrected chi connectivity index (χ2v) is 4.21. The first kappa shape index (κ1) is 8.85. The molecule has 1 N–H and O–H groups in total. The Morgan fingerprint density at radius 3 is 2.77 bits per heavy atom. The summed E-state index contributed by atoms with van der Waals surface area (Å²) in [6, 6.07) is 0.597. The van der Waals surface area contributed by atoms with E-state index in [1.54, 1.807) is 0 Å². The Hall–Kier alpha value is -0.730. The summed E-state index contributed by atoms with van der Waals surface area (Å²) in [5, 5.41) is 2.90. The summed E-state index contributed by atoms with van der Waals surface area (Å²) in [6.45, 7) is 3.99. The van der Waals surface area contributed by atoms with Gasteiger partial charge in [0.25, 0.3) is 0 Å². The predicted molar refractivity (Wildman–Crippen MR) is 51.5 cm³/mol. The fourth-order valence-corrected chi connectivity index (χ4v) is 2.21. The van der Waals surface area contributed by atoms with E-state index in [0.717, 1.165) is 25.4 Å². The van der Waals surface area contributed by atoms with Crippen molar-refractivity contribution < 1.29 is 4.79 Å². The summed E-state index contributed by atoms with van der Waals surface area (Å²) in [6.07, 6.45) is 5.07. The zero-order valence-electron chi connectivity index (χ0n) is 8.25. The number of carbonyl (C=O) groups is 1. The van der Waals surface area contributed by atoms with E-state index in [2.05, 4.69) is 12.2 Å². The first-order chi connectivity index (χ1) is 6.29. The van der Waals surface area contributed by atoms with Crippen LogP contribution in [-0.2, 0) is 0 Å². The maximum atomic E-state index is 11.5. The highest BCUT2D eigenvalue weighted by Crippen LogP contribution is 2.32. The number of carbonyl (C=O) groups excluding carboxylic acids is 1. The highest BCUT2D eigenvalue weighted by Gasteiger charge is 2.31. The van der Waals surface area contributed by atoms with E-state index < -0.39 is 0 Å².